The molecule has 0 aliphatic heterocycles. The fourth-order valence-corrected chi connectivity index (χ4v) is 1.99. The van der Waals surface area contributed by atoms with Crippen LogP contribution in [0.2, 0.25) is 0 Å². The van der Waals surface area contributed by atoms with E-state index in [1.165, 1.54) is 0 Å². The van der Waals surface area contributed by atoms with Crippen molar-refractivity contribution in [3.05, 3.63) is 55.2 Å². The molecular formula is C14H17O2. The number of furan rings is 2. The van der Waals surface area contributed by atoms with Gasteiger partial charge >= 0.3 is 0 Å². The van der Waals surface area contributed by atoms with Gasteiger partial charge in [0.25, 0.3) is 0 Å². The summed E-state index contributed by atoms with van der Waals surface area (Å²) in [6, 6.07) is 7.85. The summed E-state index contributed by atoms with van der Waals surface area (Å²) in [7, 11) is 0. The fourth-order valence-electron chi connectivity index (χ4n) is 1.99. The highest BCUT2D eigenvalue weighted by Gasteiger charge is 2.18. The number of rotatable bonds is 5. The molecular weight excluding hydrogens is 200 g/mol. The van der Waals surface area contributed by atoms with Gasteiger partial charge in [0.15, 0.2) is 0 Å². The Bertz CT molecular complexity index is 386. The first-order chi connectivity index (χ1) is 7.81. The van der Waals surface area contributed by atoms with E-state index in [9.17, 15) is 0 Å². The first-order valence-corrected chi connectivity index (χ1v) is 5.71. The molecule has 2 nitrogen and oxygen atoms in total. The average molecular weight is 217 g/mol. The van der Waals surface area contributed by atoms with Crippen molar-refractivity contribution in [2.75, 3.05) is 0 Å². The van der Waals surface area contributed by atoms with E-state index in [1.54, 1.807) is 12.5 Å². The molecule has 16 heavy (non-hydrogen) atoms. The zero-order chi connectivity index (χ0) is 11.4. The molecule has 0 N–H and O–H groups in total. The second-order valence-electron chi connectivity index (χ2n) is 4.07. The Hall–Kier alpha value is -1.44. The molecule has 85 valence electrons. The molecule has 0 amide bonds. The molecule has 0 aliphatic rings. The van der Waals surface area contributed by atoms with E-state index in [4.69, 9.17) is 8.83 Å². The average Bonchev–Trinajstić information content (AvgIpc) is 2.96. The quantitative estimate of drug-likeness (QED) is 0.743. The van der Waals surface area contributed by atoms with Gasteiger partial charge in [-0.2, -0.15) is 0 Å². The van der Waals surface area contributed by atoms with Crippen molar-refractivity contribution in [3.63, 3.8) is 0 Å². The molecule has 0 saturated heterocycles. The zero-order valence-electron chi connectivity index (χ0n) is 9.56. The molecule has 0 spiro atoms. The lowest BCUT2D eigenvalue weighted by molar-refractivity contribution is 0.405. The van der Waals surface area contributed by atoms with Crippen molar-refractivity contribution < 1.29 is 8.83 Å². The summed E-state index contributed by atoms with van der Waals surface area (Å²) >= 11 is 0. The Morgan fingerprint density at radius 3 is 2.25 bits per heavy atom. The Morgan fingerprint density at radius 2 is 1.75 bits per heavy atom. The third kappa shape index (κ3) is 2.38. The van der Waals surface area contributed by atoms with E-state index in [2.05, 4.69) is 13.8 Å². The monoisotopic (exact) mass is 217 g/mol. The van der Waals surface area contributed by atoms with E-state index in [0.29, 0.717) is 5.92 Å². The lowest BCUT2D eigenvalue weighted by Crippen LogP contribution is -2.02. The highest BCUT2D eigenvalue weighted by atomic mass is 16.3. The van der Waals surface area contributed by atoms with Crippen LogP contribution in [0.4, 0.5) is 0 Å². The van der Waals surface area contributed by atoms with Gasteiger partial charge in [-0.25, -0.2) is 0 Å². The second-order valence-corrected chi connectivity index (χ2v) is 4.07. The number of hydrogen-bond acceptors (Lipinski definition) is 2. The minimum Gasteiger partial charge on any atom is -0.469 e. The van der Waals surface area contributed by atoms with Crippen LogP contribution in [0.1, 0.15) is 43.1 Å². The highest BCUT2D eigenvalue weighted by molar-refractivity contribution is 5.11. The topological polar surface area (TPSA) is 26.3 Å². The third-order valence-corrected chi connectivity index (χ3v) is 2.95. The van der Waals surface area contributed by atoms with E-state index in [0.717, 1.165) is 24.4 Å². The first kappa shape index (κ1) is 11.1. The first-order valence-electron chi connectivity index (χ1n) is 5.71. The Morgan fingerprint density at radius 1 is 1.12 bits per heavy atom. The molecule has 2 unspecified atom stereocenters. The van der Waals surface area contributed by atoms with Crippen LogP contribution in [0.5, 0.6) is 0 Å². The van der Waals surface area contributed by atoms with Gasteiger partial charge in [-0.3, -0.25) is 0 Å². The van der Waals surface area contributed by atoms with Crippen molar-refractivity contribution in [2.45, 2.75) is 31.6 Å². The molecule has 2 aromatic rings. The summed E-state index contributed by atoms with van der Waals surface area (Å²) in [6.45, 7) is 6.31. The molecule has 0 aliphatic carbocycles. The van der Waals surface area contributed by atoms with Crippen molar-refractivity contribution in [1.29, 1.82) is 0 Å². The van der Waals surface area contributed by atoms with Crippen LogP contribution in [-0.2, 0) is 0 Å². The van der Waals surface area contributed by atoms with Crippen LogP contribution >= 0.6 is 0 Å². The summed E-state index contributed by atoms with van der Waals surface area (Å²) in [5.74, 6) is 2.60. The maximum absolute atomic E-state index is 5.45. The van der Waals surface area contributed by atoms with Gasteiger partial charge in [-0.1, -0.05) is 6.92 Å². The predicted molar refractivity (Wildman–Crippen MR) is 63.2 cm³/mol. The van der Waals surface area contributed by atoms with Crippen LogP contribution in [0.25, 0.3) is 0 Å². The largest absolute Gasteiger partial charge is 0.469 e. The van der Waals surface area contributed by atoms with Crippen molar-refractivity contribution >= 4 is 0 Å². The Labute approximate surface area is 96.3 Å². The molecule has 2 heteroatoms. The van der Waals surface area contributed by atoms with Crippen molar-refractivity contribution in [1.82, 2.24) is 0 Å². The summed E-state index contributed by atoms with van der Waals surface area (Å²) < 4.78 is 10.8. The highest BCUT2D eigenvalue weighted by Crippen LogP contribution is 2.31. The Balaban J connectivity index is 2.02. The normalized spacial score (nSPS) is 14.9. The molecule has 2 aromatic heterocycles. The summed E-state index contributed by atoms with van der Waals surface area (Å²) in [6.07, 6.45) is 5.43. The van der Waals surface area contributed by atoms with Crippen LogP contribution < -0.4 is 0 Å². The van der Waals surface area contributed by atoms with E-state index in [1.807, 2.05) is 24.3 Å². The van der Waals surface area contributed by atoms with Gasteiger partial charge < -0.3 is 8.83 Å². The third-order valence-electron chi connectivity index (χ3n) is 2.95. The van der Waals surface area contributed by atoms with Crippen LogP contribution in [0.15, 0.2) is 45.6 Å². The maximum atomic E-state index is 5.45. The molecule has 0 saturated carbocycles. The van der Waals surface area contributed by atoms with Gasteiger partial charge in [-0.05, 0) is 44.0 Å². The lowest BCUT2D eigenvalue weighted by atomic mass is 9.90. The molecule has 0 aromatic carbocycles. The van der Waals surface area contributed by atoms with Gasteiger partial charge in [0, 0.05) is 11.8 Å². The SMILES string of the molecule is [CH2]C(CC(CC)c1ccco1)c1ccco1. The van der Waals surface area contributed by atoms with E-state index >= 15 is 0 Å². The molecule has 2 atom stereocenters. The van der Waals surface area contributed by atoms with Gasteiger partial charge in [0.1, 0.15) is 11.5 Å². The molecule has 1 radical (unpaired) electrons. The molecule has 0 fully saturated rings. The molecule has 2 rings (SSSR count). The minimum atomic E-state index is 0.185. The van der Waals surface area contributed by atoms with Crippen LogP contribution in [0.3, 0.4) is 0 Å². The second kappa shape index (κ2) is 5.06. The summed E-state index contributed by atoms with van der Waals surface area (Å²) in [5, 5.41) is 0. The van der Waals surface area contributed by atoms with Gasteiger partial charge in [-0.15, -0.1) is 0 Å². The fraction of sp³-hybridized carbons (Fsp3) is 0.357. The van der Waals surface area contributed by atoms with Crippen LogP contribution in [-0.4, -0.2) is 0 Å². The van der Waals surface area contributed by atoms with Crippen molar-refractivity contribution in [3.8, 4) is 0 Å². The number of hydrogen-bond donors (Lipinski definition) is 0. The predicted octanol–water partition coefficient (Wildman–Crippen LogP) is 4.37. The zero-order valence-corrected chi connectivity index (χ0v) is 9.56. The smallest absolute Gasteiger partial charge is 0.106 e. The summed E-state index contributed by atoms with van der Waals surface area (Å²) in [5.41, 5.74) is 0. The lowest BCUT2D eigenvalue weighted by Gasteiger charge is -2.16. The van der Waals surface area contributed by atoms with Crippen molar-refractivity contribution in [2.24, 2.45) is 0 Å². The van der Waals surface area contributed by atoms with E-state index in [-0.39, 0.29) is 5.92 Å². The van der Waals surface area contributed by atoms with Crippen LogP contribution in [0, 0.1) is 6.92 Å². The molecule has 2 heterocycles. The summed E-state index contributed by atoms with van der Waals surface area (Å²) in [4.78, 5) is 0. The maximum Gasteiger partial charge on any atom is 0.106 e. The van der Waals surface area contributed by atoms with Gasteiger partial charge in [0.2, 0.25) is 0 Å². The Kier molecular flexibility index (Phi) is 3.50. The van der Waals surface area contributed by atoms with E-state index < -0.39 is 0 Å². The standard InChI is InChI=1S/C14H17O2/c1-3-12(14-7-5-9-16-14)10-11(2)13-6-4-8-15-13/h4-9,11-12H,2-3,10H2,1H3. The van der Waals surface area contributed by atoms with Gasteiger partial charge in [0.05, 0.1) is 12.5 Å². The molecule has 0 bridgehead atoms. The minimum absolute atomic E-state index is 0.185.